The Bertz CT molecular complexity index is 966. The first-order valence-corrected chi connectivity index (χ1v) is 11.9. The third kappa shape index (κ3) is 6.43. The van der Waals surface area contributed by atoms with Gasteiger partial charge in [0.1, 0.15) is 5.82 Å². The number of benzene rings is 1. The number of carbonyl (C=O) groups excluding carboxylic acids is 1. The summed E-state index contributed by atoms with van der Waals surface area (Å²) in [6, 6.07) is 6.96. The van der Waals surface area contributed by atoms with Gasteiger partial charge < -0.3 is 9.80 Å². The Morgan fingerprint density at radius 2 is 1.88 bits per heavy atom. The summed E-state index contributed by atoms with van der Waals surface area (Å²) in [5.74, 6) is -0.0683. The Balaban J connectivity index is 2.51. The van der Waals surface area contributed by atoms with Crippen LogP contribution in [0.2, 0.25) is 0 Å². The standard InChI is InChI=1S/C28H40FN3O/c1-9-11-16-30-21(4)26(23(10-2)24-14-12-13-15-25(24)29)22(5)31-17-18-32(20(3)19-31)27(33)28(6,7)8/h10-16,20H,9,17-19H2,1-8H3/b16-11+,23-10-,26-22-,30-21+. The molecule has 1 amide bonds. The predicted molar refractivity (Wildman–Crippen MR) is 137 cm³/mol. The molecule has 0 spiro atoms. The van der Waals surface area contributed by atoms with E-state index in [4.69, 9.17) is 0 Å². The fourth-order valence-electron chi connectivity index (χ4n) is 4.25. The van der Waals surface area contributed by atoms with E-state index < -0.39 is 5.41 Å². The molecule has 1 fully saturated rings. The van der Waals surface area contributed by atoms with Crippen molar-refractivity contribution in [1.82, 2.24) is 9.80 Å². The second kappa shape index (κ2) is 11.4. The molecule has 0 N–H and O–H groups in total. The number of carbonyl (C=O) groups is 1. The normalized spacial score (nSPS) is 19.2. The lowest BCUT2D eigenvalue weighted by Crippen LogP contribution is -2.56. The predicted octanol–water partition coefficient (Wildman–Crippen LogP) is 6.47. The lowest BCUT2D eigenvalue weighted by molar-refractivity contribution is -0.143. The second-order valence-corrected chi connectivity index (χ2v) is 9.69. The van der Waals surface area contributed by atoms with Crippen molar-refractivity contribution in [3.05, 3.63) is 65.3 Å². The number of hydrogen-bond donors (Lipinski definition) is 0. The van der Waals surface area contributed by atoms with Gasteiger partial charge in [-0.2, -0.15) is 0 Å². The summed E-state index contributed by atoms with van der Waals surface area (Å²) in [6.07, 6.45) is 6.69. The van der Waals surface area contributed by atoms with Gasteiger partial charge in [0.2, 0.25) is 5.91 Å². The number of allylic oxidation sites excluding steroid dienone is 5. The van der Waals surface area contributed by atoms with E-state index in [1.54, 1.807) is 6.07 Å². The Hall–Kier alpha value is -2.69. The van der Waals surface area contributed by atoms with Gasteiger partial charge in [0.05, 0.1) is 0 Å². The first-order chi connectivity index (χ1) is 15.5. The molecule has 1 atom stereocenters. The van der Waals surface area contributed by atoms with Crippen LogP contribution in [0.15, 0.2) is 58.9 Å². The van der Waals surface area contributed by atoms with Crippen LogP contribution in [-0.4, -0.2) is 47.1 Å². The smallest absolute Gasteiger partial charge is 0.228 e. The average Bonchev–Trinajstić information content (AvgIpc) is 2.76. The fourth-order valence-corrected chi connectivity index (χ4v) is 4.25. The van der Waals surface area contributed by atoms with E-state index in [2.05, 4.69) is 30.7 Å². The van der Waals surface area contributed by atoms with Crippen LogP contribution < -0.4 is 0 Å². The van der Waals surface area contributed by atoms with Crippen molar-refractivity contribution < 1.29 is 9.18 Å². The first-order valence-electron chi connectivity index (χ1n) is 11.9. The third-order valence-electron chi connectivity index (χ3n) is 6.06. The summed E-state index contributed by atoms with van der Waals surface area (Å²) in [7, 11) is 0. The number of hydrogen-bond acceptors (Lipinski definition) is 3. The number of nitrogens with zero attached hydrogens (tertiary/aromatic N) is 3. The molecule has 1 aliphatic heterocycles. The largest absolute Gasteiger partial charge is 0.371 e. The van der Waals surface area contributed by atoms with Crippen molar-refractivity contribution in [3.8, 4) is 0 Å². The number of piperazine rings is 1. The van der Waals surface area contributed by atoms with Gasteiger partial charge in [-0.25, -0.2) is 4.39 Å². The molecule has 1 aromatic carbocycles. The van der Waals surface area contributed by atoms with Gasteiger partial charge >= 0.3 is 0 Å². The van der Waals surface area contributed by atoms with Crippen LogP contribution in [0.3, 0.4) is 0 Å². The molecule has 1 aromatic rings. The zero-order valence-corrected chi connectivity index (χ0v) is 21.6. The first kappa shape index (κ1) is 26.6. The second-order valence-electron chi connectivity index (χ2n) is 9.69. The van der Waals surface area contributed by atoms with Crippen molar-refractivity contribution in [1.29, 1.82) is 0 Å². The highest BCUT2D eigenvalue weighted by molar-refractivity contribution is 6.12. The molecule has 0 aromatic heterocycles. The quantitative estimate of drug-likeness (QED) is 0.366. The summed E-state index contributed by atoms with van der Waals surface area (Å²) in [5.41, 5.74) is 3.83. The number of aliphatic imine (C=N–C) groups is 1. The highest BCUT2D eigenvalue weighted by Crippen LogP contribution is 2.31. The van der Waals surface area contributed by atoms with E-state index in [9.17, 15) is 9.18 Å². The molecular formula is C28H40FN3O. The van der Waals surface area contributed by atoms with Crippen molar-refractivity contribution in [2.75, 3.05) is 19.6 Å². The zero-order valence-electron chi connectivity index (χ0n) is 21.6. The van der Waals surface area contributed by atoms with Crippen LogP contribution in [-0.2, 0) is 4.79 Å². The molecule has 1 aliphatic rings. The van der Waals surface area contributed by atoms with Gasteiger partial charge in [-0.3, -0.25) is 9.79 Å². The Labute approximate surface area is 199 Å². The highest BCUT2D eigenvalue weighted by atomic mass is 19.1. The van der Waals surface area contributed by atoms with E-state index >= 15 is 0 Å². The van der Waals surface area contributed by atoms with Crippen molar-refractivity contribution in [2.45, 2.75) is 67.9 Å². The fraction of sp³-hybridized carbons (Fsp3) is 0.500. The van der Waals surface area contributed by atoms with Crippen LogP contribution in [0.25, 0.3) is 5.57 Å². The van der Waals surface area contributed by atoms with Gasteiger partial charge in [0.15, 0.2) is 0 Å². The minimum absolute atomic E-state index is 0.0847. The van der Waals surface area contributed by atoms with Gasteiger partial charge in [-0.1, -0.05) is 58.0 Å². The van der Waals surface area contributed by atoms with Crippen LogP contribution >= 0.6 is 0 Å². The summed E-state index contributed by atoms with van der Waals surface area (Å²) in [6.45, 7) is 18.2. The monoisotopic (exact) mass is 453 g/mol. The molecule has 180 valence electrons. The minimum Gasteiger partial charge on any atom is -0.371 e. The summed E-state index contributed by atoms with van der Waals surface area (Å²) < 4.78 is 14.8. The maximum absolute atomic E-state index is 14.8. The summed E-state index contributed by atoms with van der Waals surface area (Å²) >= 11 is 0. The van der Waals surface area contributed by atoms with Gasteiger partial charge in [0, 0.05) is 59.8 Å². The molecule has 1 heterocycles. The molecule has 33 heavy (non-hydrogen) atoms. The average molecular weight is 454 g/mol. The summed E-state index contributed by atoms with van der Waals surface area (Å²) in [4.78, 5) is 21.9. The SMILES string of the molecule is C\C=C(C(/C(C)=N/C=C/CC)=C(/C)N1CCN(C(=O)C(C)(C)C)C(C)C1)\c1ccccc1F. The van der Waals surface area contributed by atoms with Gasteiger partial charge in [-0.05, 0) is 45.8 Å². The molecule has 0 aliphatic carbocycles. The maximum Gasteiger partial charge on any atom is 0.228 e. The maximum atomic E-state index is 14.8. The van der Waals surface area contributed by atoms with Gasteiger partial charge in [-0.15, -0.1) is 0 Å². The Morgan fingerprint density at radius 1 is 1.21 bits per heavy atom. The minimum atomic E-state index is -0.399. The van der Waals surface area contributed by atoms with Crippen molar-refractivity contribution in [2.24, 2.45) is 10.4 Å². The molecule has 4 nitrogen and oxygen atoms in total. The molecule has 0 radical (unpaired) electrons. The van der Waals surface area contributed by atoms with E-state index in [1.165, 1.54) is 6.07 Å². The van der Waals surface area contributed by atoms with Crippen LogP contribution in [0.1, 0.15) is 67.4 Å². The van der Waals surface area contributed by atoms with E-state index in [0.29, 0.717) is 12.1 Å². The third-order valence-corrected chi connectivity index (χ3v) is 6.06. The van der Waals surface area contributed by atoms with Crippen LogP contribution in [0.5, 0.6) is 0 Å². The molecule has 0 saturated carbocycles. The van der Waals surface area contributed by atoms with Crippen molar-refractivity contribution in [3.63, 3.8) is 0 Å². The zero-order chi connectivity index (χ0) is 24.8. The molecular weight excluding hydrogens is 413 g/mol. The lowest BCUT2D eigenvalue weighted by atomic mass is 9.91. The molecule has 5 heteroatoms. The highest BCUT2D eigenvalue weighted by Gasteiger charge is 2.34. The molecule has 2 rings (SSSR count). The number of halogens is 1. The van der Waals surface area contributed by atoms with Gasteiger partial charge in [0.25, 0.3) is 0 Å². The lowest BCUT2D eigenvalue weighted by Gasteiger charge is -2.44. The van der Waals surface area contributed by atoms with Crippen LogP contribution in [0, 0.1) is 11.2 Å². The number of amides is 1. The molecule has 1 saturated heterocycles. The molecule has 0 bridgehead atoms. The van der Waals surface area contributed by atoms with Crippen molar-refractivity contribution >= 4 is 17.2 Å². The Morgan fingerprint density at radius 3 is 2.42 bits per heavy atom. The molecule has 1 unspecified atom stereocenters. The van der Waals surface area contributed by atoms with E-state index in [0.717, 1.165) is 42.1 Å². The Kier molecular flexibility index (Phi) is 9.21. The topological polar surface area (TPSA) is 35.9 Å². The summed E-state index contributed by atoms with van der Waals surface area (Å²) in [5, 5.41) is 0. The number of rotatable bonds is 6. The van der Waals surface area contributed by atoms with Crippen LogP contribution in [0.4, 0.5) is 4.39 Å². The van der Waals surface area contributed by atoms with E-state index in [-0.39, 0.29) is 17.8 Å². The van der Waals surface area contributed by atoms with E-state index in [1.807, 2.05) is 70.0 Å².